The lowest BCUT2D eigenvalue weighted by Crippen LogP contribution is -2.29. The molecular formula is C73H118NO8P. The SMILES string of the molecule is CC/C=C\C/C=C\C/C=C\C/C=C\C/C=C\C/C=C\C/C=C\C/C=C\C/C=C\C/C=C\C/C=C\C/C=C\CCCCC(=O)OC(COC(=O)CCCCCCCCCCCCC/C=C\C/C=C\CCCCCCC)COP(=O)(O)OCCN. The normalized spacial score (nSPS) is 14.1. The Bertz CT molecular complexity index is 1960. The van der Waals surface area contributed by atoms with Crippen molar-refractivity contribution in [2.75, 3.05) is 26.4 Å². The molecule has 0 aromatic heterocycles. The predicted octanol–water partition coefficient (Wildman–Crippen LogP) is 21.4. The van der Waals surface area contributed by atoms with Crippen molar-refractivity contribution in [1.29, 1.82) is 0 Å². The lowest BCUT2D eigenvalue weighted by atomic mass is 10.0. The average Bonchev–Trinajstić information content (AvgIpc) is 3.48. The van der Waals surface area contributed by atoms with Gasteiger partial charge in [0.1, 0.15) is 6.61 Å². The van der Waals surface area contributed by atoms with Crippen LogP contribution < -0.4 is 5.73 Å². The smallest absolute Gasteiger partial charge is 0.462 e. The molecule has 0 aliphatic carbocycles. The molecule has 0 saturated heterocycles. The first-order chi connectivity index (χ1) is 40.8. The lowest BCUT2D eigenvalue weighted by Gasteiger charge is -2.19. The van der Waals surface area contributed by atoms with Crippen LogP contribution in [-0.4, -0.2) is 49.3 Å². The fourth-order valence-corrected chi connectivity index (χ4v) is 9.06. The molecule has 0 heterocycles. The number of allylic oxidation sites excluding steroid dienone is 28. The number of carbonyl (C=O) groups excluding carboxylic acids is 2. The minimum absolute atomic E-state index is 0.0371. The Morgan fingerprint density at radius 3 is 1.01 bits per heavy atom. The number of hydrogen-bond acceptors (Lipinski definition) is 8. The summed E-state index contributed by atoms with van der Waals surface area (Å²) in [5.74, 6) is -0.891. The highest BCUT2D eigenvalue weighted by Gasteiger charge is 2.26. The highest BCUT2D eigenvalue weighted by atomic mass is 31.2. The molecule has 0 rings (SSSR count). The fourth-order valence-electron chi connectivity index (χ4n) is 8.29. The monoisotopic (exact) mass is 1170 g/mol. The van der Waals surface area contributed by atoms with E-state index in [-0.39, 0.29) is 32.6 Å². The Kier molecular flexibility index (Phi) is 62.8. The molecular weight excluding hydrogens is 1050 g/mol. The third-order valence-electron chi connectivity index (χ3n) is 13.1. The number of phosphoric acid groups is 1. The minimum Gasteiger partial charge on any atom is -0.462 e. The first-order valence-corrected chi connectivity index (χ1v) is 34.1. The fraction of sp³-hybridized carbons (Fsp3) is 0.589. The number of rotatable bonds is 59. The highest BCUT2D eigenvalue weighted by molar-refractivity contribution is 7.47. The molecule has 0 radical (unpaired) electrons. The van der Waals surface area contributed by atoms with Gasteiger partial charge in [-0.05, 0) is 135 Å². The number of unbranched alkanes of at least 4 members (excludes halogenated alkanes) is 18. The van der Waals surface area contributed by atoms with Crippen molar-refractivity contribution in [1.82, 2.24) is 0 Å². The molecule has 10 heteroatoms. The Balaban J connectivity index is 4.09. The maximum atomic E-state index is 12.7. The number of hydrogen-bond donors (Lipinski definition) is 2. The molecule has 0 bridgehead atoms. The second-order valence-corrected chi connectivity index (χ2v) is 22.3. The van der Waals surface area contributed by atoms with E-state index in [0.717, 1.165) is 122 Å². The van der Waals surface area contributed by atoms with Gasteiger partial charge in [0, 0.05) is 19.4 Å². The van der Waals surface area contributed by atoms with Crippen LogP contribution in [-0.2, 0) is 32.7 Å². The van der Waals surface area contributed by atoms with Gasteiger partial charge < -0.3 is 20.1 Å². The van der Waals surface area contributed by atoms with Crippen LogP contribution in [0.2, 0.25) is 0 Å². The van der Waals surface area contributed by atoms with Gasteiger partial charge >= 0.3 is 19.8 Å². The van der Waals surface area contributed by atoms with E-state index in [1.54, 1.807) is 0 Å². The number of nitrogens with two attached hydrogens (primary N) is 1. The van der Waals surface area contributed by atoms with Crippen LogP contribution in [0.15, 0.2) is 170 Å². The van der Waals surface area contributed by atoms with E-state index >= 15 is 0 Å². The van der Waals surface area contributed by atoms with Crippen molar-refractivity contribution < 1.29 is 37.6 Å². The highest BCUT2D eigenvalue weighted by Crippen LogP contribution is 2.43. The van der Waals surface area contributed by atoms with Gasteiger partial charge in [-0.2, -0.15) is 0 Å². The molecule has 468 valence electrons. The van der Waals surface area contributed by atoms with Crippen LogP contribution in [0.4, 0.5) is 0 Å². The Morgan fingerprint density at radius 1 is 0.373 bits per heavy atom. The Morgan fingerprint density at radius 2 is 0.663 bits per heavy atom. The zero-order valence-corrected chi connectivity index (χ0v) is 53.3. The van der Waals surface area contributed by atoms with Gasteiger partial charge in [0.05, 0.1) is 13.2 Å². The standard InChI is InChI=1S/C73H118NO8P/c1-3-5-7-9-11-13-15-17-19-21-23-25-27-28-29-30-31-32-33-34-35-36-37-38-39-40-41-42-44-46-48-50-52-54-56-58-60-62-64-66-73(76)82-71(70-81-83(77,78)80-68-67-74)69-79-72(75)65-63-61-59-57-55-53-51-49-47-45-43-26-24-22-20-18-16-14-12-10-8-6-4-2/h5,7,11,13,16-19,22-25,28-29,31-32,34-35,37-38,40-41,44,46,50,52,56,58,71H,3-4,6,8-10,12,14-15,20-21,26-27,30,33,36,39,42-43,45,47-49,51,53-55,57,59-70,74H2,1-2H3,(H,77,78)/b7-5-,13-11-,18-16-,19-17-,24-22-,25-23-,29-28-,32-31-,35-34-,38-37-,41-40-,46-44-,52-50-,58-56-. The van der Waals surface area contributed by atoms with E-state index in [1.165, 1.54) is 89.9 Å². The second kappa shape index (κ2) is 66.5. The number of esters is 2. The summed E-state index contributed by atoms with van der Waals surface area (Å²) in [7, 11) is -4.42. The van der Waals surface area contributed by atoms with Crippen LogP contribution in [0.25, 0.3) is 0 Å². The Labute approximate surface area is 508 Å². The van der Waals surface area contributed by atoms with Gasteiger partial charge in [0.15, 0.2) is 6.10 Å². The average molecular weight is 1170 g/mol. The maximum absolute atomic E-state index is 12.7. The van der Waals surface area contributed by atoms with Crippen molar-refractivity contribution in [3.63, 3.8) is 0 Å². The summed E-state index contributed by atoms with van der Waals surface area (Å²) in [6.07, 6.45) is 98.5. The molecule has 9 nitrogen and oxygen atoms in total. The molecule has 3 N–H and O–H groups in total. The second-order valence-electron chi connectivity index (χ2n) is 20.9. The summed E-state index contributed by atoms with van der Waals surface area (Å²) in [6, 6.07) is 0. The molecule has 0 aromatic rings. The summed E-state index contributed by atoms with van der Waals surface area (Å²) in [5.41, 5.74) is 5.39. The third kappa shape index (κ3) is 66.4. The number of phosphoric ester groups is 1. The van der Waals surface area contributed by atoms with E-state index in [0.29, 0.717) is 6.42 Å². The molecule has 2 atom stereocenters. The van der Waals surface area contributed by atoms with Gasteiger partial charge in [-0.25, -0.2) is 4.57 Å². The van der Waals surface area contributed by atoms with Gasteiger partial charge in [-0.3, -0.25) is 18.6 Å². The van der Waals surface area contributed by atoms with Crippen LogP contribution in [0.3, 0.4) is 0 Å². The molecule has 0 aliphatic heterocycles. The van der Waals surface area contributed by atoms with Gasteiger partial charge in [0.2, 0.25) is 0 Å². The van der Waals surface area contributed by atoms with E-state index in [9.17, 15) is 19.0 Å². The number of ether oxygens (including phenoxy) is 2. The van der Waals surface area contributed by atoms with Crippen LogP contribution in [0.1, 0.15) is 245 Å². The van der Waals surface area contributed by atoms with E-state index in [2.05, 4.69) is 184 Å². The molecule has 83 heavy (non-hydrogen) atoms. The molecule has 0 saturated carbocycles. The van der Waals surface area contributed by atoms with Crippen molar-refractivity contribution >= 4 is 19.8 Å². The first kappa shape index (κ1) is 78.4. The lowest BCUT2D eigenvalue weighted by molar-refractivity contribution is -0.161. The molecule has 0 amide bonds. The van der Waals surface area contributed by atoms with Crippen LogP contribution in [0.5, 0.6) is 0 Å². The Hall–Kier alpha value is -4.63. The van der Waals surface area contributed by atoms with Crippen LogP contribution >= 0.6 is 7.82 Å². The summed E-state index contributed by atoms with van der Waals surface area (Å²) in [5, 5.41) is 0. The largest absolute Gasteiger partial charge is 0.472 e. The topological polar surface area (TPSA) is 134 Å². The summed E-state index contributed by atoms with van der Waals surface area (Å²) in [4.78, 5) is 35.3. The zero-order valence-electron chi connectivity index (χ0n) is 52.4. The van der Waals surface area contributed by atoms with Crippen molar-refractivity contribution in [3.8, 4) is 0 Å². The van der Waals surface area contributed by atoms with E-state index in [4.69, 9.17) is 24.3 Å². The minimum atomic E-state index is -4.42. The van der Waals surface area contributed by atoms with Crippen molar-refractivity contribution in [3.05, 3.63) is 170 Å². The third-order valence-corrected chi connectivity index (χ3v) is 14.1. The number of carbonyl (C=O) groups is 2. The van der Waals surface area contributed by atoms with Gasteiger partial charge in [-0.15, -0.1) is 0 Å². The van der Waals surface area contributed by atoms with Gasteiger partial charge in [0.25, 0.3) is 0 Å². The van der Waals surface area contributed by atoms with Crippen molar-refractivity contribution in [2.24, 2.45) is 5.73 Å². The van der Waals surface area contributed by atoms with E-state index in [1.807, 2.05) is 0 Å². The molecule has 0 aromatic carbocycles. The summed E-state index contributed by atoms with van der Waals surface area (Å²) in [6.45, 7) is 3.56. The van der Waals surface area contributed by atoms with Crippen molar-refractivity contribution in [2.45, 2.75) is 251 Å². The molecule has 0 aliphatic rings. The molecule has 0 fully saturated rings. The zero-order chi connectivity index (χ0) is 60.1. The maximum Gasteiger partial charge on any atom is 0.472 e. The molecule has 0 spiro atoms. The molecule has 2 unspecified atom stereocenters. The summed E-state index contributed by atoms with van der Waals surface area (Å²) >= 11 is 0. The quantitative estimate of drug-likeness (QED) is 0.0264. The van der Waals surface area contributed by atoms with Gasteiger partial charge in [-0.1, -0.05) is 267 Å². The van der Waals surface area contributed by atoms with Crippen LogP contribution in [0, 0.1) is 0 Å². The van der Waals surface area contributed by atoms with E-state index < -0.39 is 32.5 Å². The predicted molar refractivity (Wildman–Crippen MR) is 357 cm³/mol. The first-order valence-electron chi connectivity index (χ1n) is 32.6. The summed E-state index contributed by atoms with van der Waals surface area (Å²) < 4.78 is 33.0.